The lowest BCUT2D eigenvalue weighted by molar-refractivity contribution is 0.0179. The van der Waals surface area contributed by atoms with Crippen LogP contribution in [0, 0.1) is 0 Å². The molecule has 1 aliphatic rings. The van der Waals surface area contributed by atoms with Crippen molar-refractivity contribution in [3.63, 3.8) is 0 Å². The van der Waals surface area contributed by atoms with Crippen molar-refractivity contribution in [3.05, 3.63) is 42.5 Å². The van der Waals surface area contributed by atoms with Crippen molar-refractivity contribution in [1.82, 2.24) is 15.5 Å². The van der Waals surface area contributed by atoms with Crippen LogP contribution in [0.1, 0.15) is 18.5 Å². The largest absolute Gasteiger partial charge is 0.497 e. The highest BCUT2D eigenvalue weighted by Gasteiger charge is 2.22. The Morgan fingerprint density at radius 3 is 2.64 bits per heavy atom. The third kappa shape index (κ3) is 6.07. The van der Waals surface area contributed by atoms with E-state index in [0.717, 1.165) is 44.6 Å². The molecule has 138 valence electrons. The molecule has 25 heavy (non-hydrogen) atoms. The predicted molar refractivity (Wildman–Crippen MR) is 102 cm³/mol. The molecule has 0 aliphatic carbocycles. The van der Waals surface area contributed by atoms with Gasteiger partial charge in [0, 0.05) is 26.2 Å². The second kappa shape index (κ2) is 10.7. The second-order valence-corrected chi connectivity index (χ2v) is 5.83. The quantitative estimate of drug-likeness (QED) is 0.427. The number of methoxy groups -OCH3 is 1. The van der Waals surface area contributed by atoms with Crippen LogP contribution >= 0.6 is 0 Å². The van der Waals surface area contributed by atoms with Gasteiger partial charge < -0.3 is 20.1 Å². The van der Waals surface area contributed by atoms with Gasteiger partial charge in [0.2, 0.25) is 0 Å². The monoisotopic (exact) mass is 346 g/mol. The third-order valence-electron chi connectivity index (χ3n) is 4.17. The van der Waals surface area contributed by atoms with Crippen LogP contribution in [0.2, 0.25) is 0 Å². The Morgan fingerprint density at radius 2 is 2.04 bits per heavy atom. The molecule has 0 saturated carbocycles. The SMILES string of the molecule is C=CCNC(=NCC(c1ccc(OC)cc1)N1CCOCC1)NCC. The lowest BCUT2D eigenvalue weighted by Gasteiger charge is -2.34. The van der Waals surface area contributed by atoms with Crippen LogP contribution < -0.4 is 15.4 Å². The number of guanidine groups is 1. The number of benzene rings is 1. The zero-order chi connectivity index (χ0) is 17.9. The zero-order valence-electron chi connectivity index (χ0n) is 15.3. The van der Waals surface area contributed by atoms with Crippen molar-refractivity contribution in [3.8, 4) is 5.75 Å². The van der Waals surface area contributed by atoms with E-state index in [2.05, 4.69) is 41.2 Å². The van der Waals surface area contributed by atoms with E-state index in [1.807, 2.05) is 18.2 Å². The molecule has 6 nitrogen and oxygen atoms in total. The molecule has 1 unspecified atom stereocenters. The lowest BCUT2D eigenvalue weighted by Crippen LogP contribution is -2.41. The highest BCUT2D eigenvalue weighted by molar-refractivity contribution is 5.79. The summed E-state index contributed by atoms with van der Waals surface area (Å²) in [5, 5.41) is 6.53. The van der Waals surface area contributed by atoms with E-state index in [4.69, 9.17) is 14.5 Å². The summed E-state index contributed by atoms with van der Waals surface area (Å²) in [6, 6.07) is 8.48. The molecule has 1 aromatic rings. The fourth-order valence-corrected chi connectivity index (χ4v) is 2.84. The van der Waals surface area contributed by atoms with Gasteiger partial charge in [0.15, 0.2) is 5.96 Å². The molecule has 1 fully saturated rings. The molecule has 1 atom stereocenters. The van der Waals surface area contributed by atoms with Crippen LogP contribution in [0.15, 0.2) is 41.9 Å². The Labute approximate surface area is 150 Å². The average molecular weight is 346 g/mol. The van der Waals surface area contributed by atoms with Gasteiger partial charge in [0.05, 0.1) is 32.9 Å². The fourth-order valence-electron chi connectivity index (χ4n) is 2.84. The standard InChI is InChI=1S/C19H30N4O2/c1-4-10-21-19(20-5-2)22-15-18(23-11-13-25-14-12-23)16-6-8-17(24-3)9-7-16/h4,6-9,18H,1,5,10-15H2,2-3H3,(H2,20,21,22). The Bertz CT molecular complexity index is 539. The molecule has 2 rings (SSSR count). The molecule has 1 aromatic carbocycles. The summed E-state index contributed by atoms with van der Waals surface area (Å²) in [5.41, 5.74) is 1.24. The first kappa shape index (κ1) is 19.3. The van der Waals surface area contributed by atoms with Gasteiger partial charge in [-0.15, -0.1) is 6.58 Å². The van der Waals surface area contributed by atoms with E-state index in [1.165, 1.54) is 5.56 Å². The summed E-state index contributed by atoms with van der Waals surface area (Å²) in [4.78, 5) is 7.21. The van der Waals surface area contributed by atoms with E-state index in [9.17, 15) is 0 Å². The normalized spacial score (nSPS) is 17.0. The number of hydrogen-bond donors (Lipinski definition) is 2. The molecule has 6 heteroatoms. The summed E-state index contributed by atoms with van der Waals surface area (Å²) >= 11 is 0. The molecule has 0 spiro atoms. The number of nitrogens with zero attached hydrogens (tertiary/aromatic N) is 2. The maximum absolute atomic E-state index is 5.51. The molecular formula is C19H30N4O2. The maximum atomic E-state index is 5.51. The first-order valence-electron chi connectivity index (χ1n) is 8.87. The molecular weight excluding hydrogens is 316 g/mol. The third-order valence-corrected chi connectivity index (χ3v) is 4.17. The molecule has 1 saturated heterocycles. The first-order chi connectivity index (χ1) is 12.3. The van der Waals surface area contributed by atoms with Crippen molar-refractivity contribution in [1.29, 1.82) is 0 Å². The Kier molecular flexibility index (Phi) is 8.28. The molecule has 1 heterocycles. The van der Waals surface area contributed by atoms with Gasteiger partial charge in [0.25, 0.3) is 0 Å². The number of aliphatic imine (C=N–C) groups is 1. The van der Waals surface area contributed by atoms with Crippen molar-refractivity contribution >= 4 is 5.96 Å². The smallest absolute Gasteiger partial charge is 0.191 e. The van der Waals surface area contributed by atoms with Crippen LogP contribution in [-0.2, 0) is 4.74 Å². The van der Waals surface area contributed by atoms with Crippen LogP contribution in [0.3, 0.4) is 0 Å². The van der Waals surface area contributed by atoms with Gasteiger partial charge in [-0.1, -0.05) is 18.2 Å². The molecule has 0 amide bonds. The average Bonchev–Trinajstić information content (AvgIpc) is 2.67. The van der Waals surface area contributed by atoms with Crippen LogP contribution in [0.4, 0.5) is 0 Å². The van der Waals surface area contributed by atoms with Crippen molar-refractivity contribution in [2.24, 2.45) is 4.99 Å². The van der Waals surface area contributed by atoms with Crippen molar-refractivity contribution in [2.45, 2.75) is 13.0 Å². The second-order valence-electron chi connectivity index (χ2n) is 5.83. The fraction of sp³-hybridized carbons (Fsp3) is 0.526. The van der Waals surface area contributed by atoms with Crippen LogP contribution in [-0.4, -0.2) is 63.9 Å². The number of morpholine rings is 1. The number of ether oxygens (including phenoxy) is 2. The minimum atomic E-state index is 0.217. The summed E-state index contributed by atoms with van der Waals surface area (Å²) in [6.45, 7) is 11.4. The van der Waals surface area contributed by atoms with Crippen LogP contribution in [0.5, 0.6) is 5.75 Å². The maximum Gasteiger partial charge on any atom is 0.191 e. The molecule has 0 radical (unpaired) electrons. The Morgan fingerprint density at radius 1 is 1.32 bits per heavy atom. The van der Waals surface area contributed by atoms with E-state index >= 15 is 0 Å². The Hall–Kier alpha value is -2.05. The summed E-state index contributed by atoms with van der Waals surface area (Å²) in [6.07, 6.45) is 1.83. The minimum Gasteiger partial charge on any atom is -0.497 e. The van der Waals surface area contributed by atoms with E-state index in [-0.39, 0.29) is 6.04 Å². The van der Waals surface area contributed by atoms with Gasteiger partial charge in [-0.25, -0.2) is 0 Å². The van der Waals surface area contributed by atoms with E-state index in [1.54, 1.807) is 7.11 Å². The first-order valence-corrected chi connectivity index (χ1v) is 8.87. The summed E-state index contributed by atoms with van der Waals surface area (Å²) < 4.78 is 10.8. The van der Waals surface area contributed by atoms with Gasteiger partial charge in [-0.05, 0) is 24.6 Å². The van der Waals surface area contributed by atoms with E-state index in [0.29, 0.717) is 13.1 Å². The highest BCUT2D eigenvalue weighted by atomic mass is 16.5. The van der Waals surface area contributed by atoms with Crippen molar-refractivity contribution < 1.29 is 9.47 Å². The van der Waals surface area contributed by atoms with Gasteiger partial charge >= 0.3 is 0 Å². The van der Waals surface area contributed by atoms with Gasteiger partial charge in [0.1, 0.15) is 5.75 Å². The van der Waals surface area contributed by atoms with Crippen LogP contribution in [0.25, 0.3) is 0 Å². The number of hydrogen-bond acceptors (Lipinski definition) is 4. The molecule has 1 aliphatic heterocycles. The van der Waals surface area contributed by atoms with Crippen molar-refractivity contribution in [2.75, 3.05) is 53.0 Å². The topological polar surface area (TPSA) is 58.1 Å². The zero-order valence-corrected chi connectivity index (χ0v) is 15.3. The highest BCUT2D eigenvalue weighted by Crippen LogP contribution is 2.24. The molecule has 0 bridgehead atoms. The Balaban J connectivity index is 2.15. The van der Waals surface area contributed by atoms with E-state index < -0.39 is 0 Å². The summed E-state index contributed by atoms with van der Waals surface area (Å²) in [7, 11) is 1.69. The van der Waals surface area contributed by atoms with Gasteiger partial charge in [-0.3, -0.25) is 9.89 Å². The summed E-state index contributed by atoms with van der Waals surface area (Å²) in [5.74, 6) is 1.68. The molecule has 0 aromatic heterocycles. The number of rotatable bonds is 8. The molecule has 2 N–H and O–H groups in total. The lowest BCUT2D eigenvalue weighted by atomic mass is 10.0. The van der Waals surface area contributed by atoms with Gasteiger partial charge in [-0.2, -0.15) is 0 Å². The minimum absolute atomic E-state index is 0.217. The predicted octanol–water partition coefficient (Wildman–Crippen LogP) is 1.81. The number of nitrogens with one attached hydrogen (secondary N) is 2.